The van der Waals surface area contributed by atoms with E-state index in [4.69, 9.17) is 15.4 Å². The number of hydrogen-bond acceptors (Lipinski definition) is 3. The molecule has 0 unspecified atom stereocenters. The first-order valence-electron chi connectivity index (χ1n) is 27.8. The molecule has 6 aliphatic carbocycles. The van der Waals surface area contributed by atoms with Gasteiger partial charge in [0.15, 0.2) is 5.69 Å². The second-order valence-corrected chi connectivity index (χ2v) is 22.3. The Labute approximate surface area is 444 Å². The molecule has 6 heterocycles. The van der Waals surface area contributed by atoms with Gasteiger partial charge in [0.2, 0.25) is 0 Å². The van der Waals surface area contributed by atoms with Crippen LogP contribution >= 0.6 is 0 Å². The Morgan fingerprint density at radius 2 is 0.782 bits per heavy atom. The molecule has 0 fully saturated rings. The fourth-order valence-electron chi connectivity index (χ4n) is 16.8. The van der Waals surface area contributed by atoms with E-state index in [1.54, 1.807) is 0 Å². The fourth-order valence-corrected chi connectivity index (χ4v) is 16.8. The number of hydrogen-bond donors (Lipinski definition) is 0. The molecule has 354 valence electrons. The molecule has 6 heteroatoms. The molecule has 6 nitrogen and oxygen atoms in total. The maximum atomic E-state index is 11.5. The van der Waals surface area contributed by atoms with Crippen molar-refractivity contribution in [3.63, 3.8) is 0 Å². The van der Waals surface area contributed by atoms with E-state index in [-0.39, 0.29) is 35.8 Å². The lowest BCUT2D eigenvalue weighted by Gasteiger charge is -2.43. The van der Waals surface area contributed by atoms with Crippen LogP contribution in [0.5, 0.6) is 0 Å². The summed E-state index contributed by atoms with van der Waals surface area (Å²) in [7, 11) is 0. The fraction of sp³-hybridized carbons (Fsp3) is 0.0556. The molecule has 0 atom stereocenters. The van der Waals surface area contributed by atoms with E-state index in [1.165, 1.54) is 44.5 Å². The van der Waals surface area contributed by atoms with Crippen molar-refractivity contribution in [3.05, 3.63) is 266 Å². The largest absolute Gasteiger partial charge is 0.456 e. The van der Waals surface area contributed by atoms with Gasteiger partial charge in [-0.25, -0.2) is 4.85 Å². The third-order valence-corrected chi connectivity index (χ3v) is 19.3. The van der Waals surface area contributed by atoms with Crippen molar-refractivity contribution in [3.8, 4) is 6.07 Å². The highest BCUT2D eigenvalue weighted by molar-refractivity contribution is 6.43. The van der Waals surface area contributed by atoms with E-state index in [9.17, 15) is 8.00 Å². The molecule has 11 aromatic carbocycles. The van der Waals surface area contributed by atoms with Gasteiger partial charge in [0.05, 0.1) is 48.5 Å². The molecule has 0 saturated carbocycles. The predicted molar refractivity (Wildman–Crippen MR) is 311 cm³/mol. The standard InChI is InChI=1S/C72H34N4O2/c1-74-46-31-50-66(68-59-40-20-8-4-16-36(40)57(64(46)68)37-17-5-9-21-41(37)59)70-63-43-23-11-13-25-52(43)78-54(63)30-45-61-48(76(50)72(45)70)27-26-47-60(61)44-29-53-62(42-22-10-12-24-51(42)77-53)69-65-49(75(47)71(44)69)28-33(32-73)55-56-34-14-2-6-18-38(34)58(67(55)65)39-19-7-3-15-35(39)56/h2-31,56-59H/i28D,31D. The highest BCUT2D eigenvalue weighted by atomic mass is 16.3. The maximum absolute atomic E-state index is 11.5. The molecule has 17 aromatic rings. The van der Waals surface area contributed by atoms with Gasteiger partial charge >= 0.3 is 0 Å². The van der Waals surface area contributed by atoms with Crippen molar-refractivity contribution < 1.29 is 11.6 Å². The maximum Gasteiger partial charge on any atom is 0.193 e. The van der Waals surface area contributed by atoms with Crippen LogP contribution in [0.4, 0.5) is 5.69 Å². The number of para-hydroxylation sites is 2. The highest BCUT2D eigenvalue weighted by Crippen LogP contribution is 2.64. The van der Waals surface area contributed by atoms with Crippen LogP contribution < -0.4 is 0 Å². The Morgan fingerprint density at radius 1 is 0.397 bits per heavy atom. The Balaban J connectivity index is 0.996. The second-order valence-electron chi connectivity index (χ2n) is 22.3. The quantitative estimate of drug-likeness (QED) is 0.142. The Kier molecular flexibility index (Phi) is 6.13. The van der Waals surface area contributed by atoms with Gasteiger partial charge in [-0.05, 0) is 115 Å². The lowest BCUT2D eigenvalue weighted by atomic mass is 9.59. The normalized spacial score (nSPS) is 18.1. The molecule has 0 saturated heterocycles. The topological polar surface area (TPSA) is 63.2 Å². The van der Waals surface area contributed by atoms with Gasteiger partial charge in [0, 0.05) is 93.8 Å². The Morgan fingerprint density at radius 3 is 1.22 bits per heavy atom. The SMILES string of the molecule is [2H]c1c(C#N)c2c(c3c4c5c(cc6c7c8c9cc%10oc%11ccccc%11c%10c%10c%11c%12c(c([N+]#[C-])c([2H])c%11n(c8ccc7n(c13)c64)c9%10)C1c3ccccc3C%12c3ccccc31)oc1ccccc15)C1c3ccccc3C2c2ccccc21. The van der Waals surface area contributed by atoms with Crippen LogP contribution in [0.2, 0.25) is 0 Å². The van der Waals surface area contributed by atoms with Crippen molar-refractivity contribution in [2.75, 3.05) is 0 Å². The van der Waals surface area contributed by atoms with E-state index in [0.717, 1.165) is 137 Å². The lowest BCUT2D eigenvalue weighted by Crippen LogP contribution is -2.28. The Hall–Kier alpha value is -10.4. The van der Waals surface area contributed by atoms with Crippen LogP contribution in [-0.2, 0) is 0 Å². The first-order chi connectivity index (χ1) is 39.5. The molecule has 78 heavy (non-hydrogen) atoms. The molecular weight excluding hydrogens is 953 g/mol. The summed E-state index contributed by atoms with van der Waals surface area (Å²) in [6.45, 7) is 9.01. The van der Waals surface area contributed by atoms with Gasteiger partial charge in [-0.3, -0.25) is 0 Å². The van der Waals surface area contributed by atoms with E-state index in [0.29, 0.717) is 16.8 Å². The van der Waals surface area contributed by atoms with Crippen molar-refractivity contribution >= 4 is 126 Å². The van der Waals surface area contributed by atoms with Gasteiger partial charge in [0.1, 0.15) is 22.3 Å². The summed E-state index contributed by atoms with van der Waals surface area (Å²) in [5, 5.41) is 23.5. The zero-order valence-electron chi connectivity index (χ0n) is 43.1. The van der Waals surface area contributed by atoms with Gasteiger partial charge in [-0.15, -0.1) is 0 Å². The molecule has 4 bridgehead atoms. The number of aromatic nitrogens is 2. The summed E-state index contributed by atoms with van der Waals surface area (Å²) >= 11 is 0. The average molecular weight is 989 g/mol. The number of furan rings is 2. The number of nitrogens with zero attached hydrogens (tertiary/aromatic N) is 4. The van der Waals surface area contributed by atoms with Crippen molar-refractivity contribution in [2.24, 2.45) is 0 Å². The zero-order chi connectivity index (χ0) is 52.0. The number of fused-ring (bicyclic) bond motifs is 21. The van der Waals surface area contributed by atoms with Gasteiger partial charge in [-0.1, -0.05) is 133 Å². The van der Waals surface area contributed by atoms with Gasteiger partial charge < -0.3 is 17.6 Å². The van der Waals surface area contributed by atoms with Crippen LogP contribution in [0.1, 0.15) is 98.7 Å². The van der Waals surface area contributed by atoms with Crippen molar-refractivity contribution in [2.45, 2.75) is 23.7 Å². The zero-order valence-corrected chi connectivity index (χ0v) is 41.1. The van der Waals surface area contributed by atoms with Crippen LogP contribution in [0.25, 0.3) is 125 Å². The number of benzene rings is 11. The van der Waals surface area contributed by atoms with E-state index < -0.39 is 0 Å². The molecule has 0 spiro atoms. The number of rotatable bonds is 0. The minimum Gasteiger partial charge on any atom is -0.456 e. The van der Waals surface area contributed by atoms with Gasteiger partial charge in [0.25, 0.3) is 0 Å². The minimum absolute atomic E-state index is 0.163. The second kappa shape index (κ2) is 12.8. The van der Waals surface area contributed by atoms with E-state index in [1.807, 2.05) is 24.3 Å². The summed E-state index contributed by atoms with van der Waals surface area (Å²) in [6.07, 6.45) is 0. The smallest absolute Gasteiger partial charge is 0.193 e. The lowest BCUT2D eigenvalue weighted by molar-refractivity contribution is 0.669. The molecule has 23 rings (SSSR count). The van der Waals surface area contributed by atoms with Crippen LogP contribution in [-0.4, -0.2) is 8.80 Å². The summed E-state index contributed by atoms with van der Waals surface area (Å²) in [6, 6.07) is 63.4. The number of nitriles is 1. The summed E-state index contributed by atoms with van der Waals surface area (Å²) in [5.74, 6) is -0.745. The molecule has 0 amide bonds. The van der Waals surface area contributed by atoms with Crippen molar-refractivity contribution in [1.82, 2.24) is 8.80 Å². The third-order valence-electron chi connectivity index (χ3n) is 19.3. The van der Waals surface area contributed by atoms with Gasteiger partial charge in [-0.2, -0.15) is 5.26 Å². The van der Waals surface area contributed by atoms with Crippen LogP contribution in [0, 0.1) is 17.9 Å². The van der Waals surface area contributed by atoms with E-state index in [2.05, 4.69) is 165 Å². The molecular formula is C72H34N4O2. The Bertz CT molecular complexity index is 5550. The first kappa shape index (κ1) is 37.3. The molecule has 6 aromatic heterocycles. The van der Waals surface area contributed by atoms with E-state index >= 15 is 0 Å². The average Bonchev–Trinajstić information content (AvgIpc) is 3.45. The highest BCUT2D eigenvalue weighted by Gasteiger charge is 2.47. The van der Waals surface area contributed by atoms with Crippen molar-refractivity contribution in [1.29, 1.82) is 5.26 Å². The first-order valence-corrected chi connectivity index (χ1v) is 26.8. The molecule has 6 aliphatic rings. The summed E-state index contributed by atoms with van der Waals surface area (Å²) in [4.78, 5) is 4.37. The third kappa shape index (κ3) is 4.03. The molecule has 0 N–H and O–H groups in total. The summed E-state index contributed by atoms with van der Waals surface area (Å²) in [5.41, 5.74) is 23.0. The minimum atomic E-state index is -0.210. The molecule has 0 radical (unpaired) electrons. The van der Waals surface area contributed by atoms with Crippen LogP contribution in [0.15, 0.2) is 191 Å². The monoisotopic (exact) mass is 988 g/mol. The van der Waals surface area contributed by atoms with Crippen LogP contribution in [0.3, 0.4) is 0 Å². The predicted octanol–water partition coefficient (Wildman–Crippen LogP) is 18.2. The summed E-state index contributed by atoms with van der Waals surface area (Å²) < 4.78 is 39.6. The molecule has 0 aliphatic heterocycles.